The number of aryl methyl sites for hydroxylation is 1. The molecule has 45 heteroatoms. The van der Waals surface area contributed by atoms with Crippen LogP contribution in [0, 0.1) is 0 Å². The molecule has 0 heterocycles. The largest absolute Gasteiger partial charge is 0.493 e. The maximum absolute atomic E-state index is 11.8. The van der Waals surface area contributed by atoms with Crippen LogP contribution < -0.4 is 9.47 Å². The quantitative estimate of drug-likeness (QED) is 0.0181. The summed E-state index contributed by atoms with van der Waals surface area (Å²) in [5.74, 6) is -1.18. The molecule has 0 spiro atoms. The molecule has 144 heavy (non-hydrogen) atoms. The van der Waals surface area contributed by atoms with Crippen molar-refractivity contribution in [1.82, 2.24) is 29.4 Å². The SMILES string of the molecule is CCCN(CCC)CCC[Si](C)(C)CCC[Si](C)(CCCCCc1cc(OCCCC[Si](C)(CCC[Si](C)(C)CCCN(CCC)CCS(=O)(=O)O)CCC[Si](C)(C)CCCN(CCS(=O)(=O)O)CCS(=O)(=O)O)cc(OCCCC[Si](C)(CCC[Si](C)(C)CCCN(CCC)CCS(=O)(=O)O)CCC[Si](C)(C)CCCN(CCS(=O)(=O)O)CCS(=O)(=O)O)c1)CCC[Si](C)(C)CCCN(CCC)CCS(=O)(=O)O. The van der Waals surface area contributed by atoms with Gasteiger partial charge in [0.15, 0.2) is 0 Å². The van der Waals surface area contributed by atoms with E-state index in [1.807, 2.05) is 0 Å². The van der Waals surface area contributed by atoms with Crippen LogP contribution in [0.25, 0.3) is 0 Å². The molecule has 0 amide bonds. The maximum atomic E-state index is 11.8. The van der Waals surface area contributed by atoms with Crippen LogP contribution in [0.15, 0.2) is 18.2 Å². The van der Waals surface area contributed by atoms with Gasteiger partial charge in [-0.25, -0.2) is 0 Å². The Kier molecular flexibility index (Phi) is 70.3. The first-order valence-corrected chi connectivity index (χ1v) is 97.0. The molecular weight excluding hydrogens is 2120 g/mol. The highest BCUT2D eigenvalue weighted by Gasteiger charge is 2.36. The van der Waals surface area contributed by atoms with Crippen LogP contribution in [0.4, 0.5) is 0 Å². The van der Waals surface area contributed by atoms with Crippen molar-refractivity contribution >= 4 is 143 Å². The second-order valence-corrected chi connectivity index (χ2v) is 108. The molecule has 858 valence electrons. The lowest BCUT2D eigenvalue weighted by Gasteiger charge is -2.32. The molecule has 1 aromatic carbocycles. The van der Waals surface area contributed by atoms with Crippen molar-refractivity contribution in [1.29, 1.82) is 0 Å². The molecule has 0 aliphatic rings. The van der Waals surface area contributed by atoms with Crippen molar-refractivity contribution in [2.24, 2.45) is 0 Å². The molecule has 0 aliphatic heterocycles. The zero-order valence-corrected chi connectivity index (χ0v) is 109. The van der Waals surface area contributed by atoms with Gasteiger partial charge in [0, 0.05) is 100 Å². The number of hydrogen-bond donors (Lipinski definition) is 7. The zero-order chi connectivity index (χ0) is 109. The fourth-order valence-corrected chi connectivity index (χ4v) is 53.8. The summed E-state index contributed by atoms with van der Waals surface area (Å²) in [6, 6.07) is 32.1. The number of benzene rings is 1. The van der Waals surface area contributed by atoms with Crippen LogP contribution in [0.3, 0.4) is 0 Å². The van der Waals surface area contributed by atoms with E-state index >= 15 is 0 Å². The van der Waals surface area contributed by atoms with Gasteiger partial charge in [-0.2, -0.15) is 58.9 Å². The van der Waals surface area contributed by atoms with E-state index in [-0.39, 0.29) is 43.4 Å². The monoisotopic (exact) mass is 2330 g/mol. The molecule has 0 saturated carbocycles. The van der Waals surface area contributed by atoms with Gasteiger partial charge in [0.1, 0.15) is 11.5 Å². The van der Waals surface area contributed by atoms with Crippen molar-refractivity contribution in [3.05, 3.63) is 23.8 Å². The lowest BCUT2D eigenvalue weighted by Crippen LogP contribution is -2.36. The molecule has 0 fully saturated rings. The third-order valence-corrected chi connectivity index (χ3v) is 70.1. The number of ether oxygens (including phenoxy) is 2. The van der Waals surface area contributed by atoms with Gasteiger partial charge in [0.05, 0.1) is 77.7 Å². The van der Waals surface area contributed by atoms with E-state index in [4.69, 9.17) is 9.47 Å². The fraction of sp³-hybridized carbons (Fsp3) is 0.939. The first-order valence-electron chi connectivity index (χ1n) is 55.9. The third-order valence-electron chi connectivity index (χ3n) is 30.7. The average molecular weight is 2340 g/mol. The van der Waals surface area contributed by atoms with E-state index in [0.29, 0.717) is 45.9 Å². The van der Waals surface area contributed by atoms with Crippen LogP contribution in [-0.4, -0.2) is 364 Å². The first-order chi connectivity index (χ1) is 66.5. The Morgan fingerprint density at radius 2 is 0.368 bits per heavy atom. The Morgan fingerprint density at radius 1 is 0.201 bits per heavy atom. The first kappa shape index (κ1) is 142. The molecule has 0 aliphatic carbocycles. The van der Waals surface area contributed by atoms with Gasteiger partial charge in [-0.1, -0.05) is 324 Å². The van der Waals surface area contributed by atoms with Gasteiger partial charge in [0.25, 0.3) is 70.8 Å². The molecule has 0 saturated heterocycles. The molecule has 3 atom stereocenters. The highest BCUT2D eigenvalue weighted by atomic mass is 32.2. The van der Waals surface area contributed by atoms with Crippen molar-refractivity contribution in [2.75, 3.05) is 171 Å². The van der Waals surface area contributed by atoms with Gasteiger partial charge in [-0.3, -0.25) is 31.9 Å². The lowest BCUT2D eigenvalue weighted by atomic mass is 10.1. The van der Waals surface area contributed by atoms with Gasteiger partial charge >= 0.3 is 0 Å². The summed E-state index contributed by atoms with van der Waals surface area (Å²) in [5.41, 5.74) is 1.23. The molecule has 0 aromatic heterocycles. The summed E-state index contributed by atoms with van der Waals surface area (Å²) in [5, 5.41) is 0. The molecule has 0 bridgehead atoms. The van der Waals surface area contributed by atoms with Crippen molar-refractivity contribution < 1.29 is 100 Å². The maximum Gasteiger partial charge on any atom is 0.266 e. The Labute approximate surface area is 892 Å². The van der Waals surface area contributed by atoms with Crippen LogP contribution in [0.5, 0.6) is 11.5 Å². The highest BCUT2D eigenvalue weighted by Crippen LogP contribution is 2.39. The van der Waals surface area contributed by atoms with E-state index in [9.17, 15) is 90.8 Å². The lowest BCUT2D eigenvalue weighted by molar-refractivity contribution is 0.275. The Hall–Kier alpha value is -0.0981. The summed E-state index contributed by atoms with van der Waals surface area (Å²) in [7, 11) is -44.4. The predicted molar refractivity (Wildman–Crippen MR) is 635 cm³/mol. The zero-order valence-electron chi connectivity index (χ0n) is 94.6. The predicted octanol–water partition coefficient (Wildman–Crippen LogP) is 23.0. The second-order valence-electron chi connectivity index (χ2n) is 49.2. The van der Waals surface area contributed by atoms with Crippen LogP contribution >= 0.6 is 0 Å². The molecule has 1 aromatic rings. The summed E-state index contributed by atoms with van der Waals surface area (Å²) in [6.45, 7) is 60.2. The van der Waals surface area contributed by atoms with Crippen LogP contribution in [-0.2, 0) is 77.2 Å². The summed E-state index contributed by atoms with van der Waals surface area (Å²) < 4.78 is 245. The third kappa shape index (κ3) is 81.5. The number of nitrogens with zero attached hydrogens (tertiary/aromatic N) is 6. The van der Waals surface area contributed by atoms with Crippen molar-refractivity contribution in [3.8, 4) is 11.5 Å². The van der Waals surface area contributed by atoms with Crippen LogP contribution in [0.1, 0.15) is 194 Å². The van der Waals surface area contributed by atoms with E-state index in [1.165, 1.54) is 167 Å². The Bertz CT molecular complexity index is 4160. The highest BCUT2D eigenvalue weighted by molar-refractivity contribution is 7.87. The Morgan fingerprint density at radius 3 is 0.556 bits per heavy atom. The van der Waals surface area contributed by atoms with E-state index < -0.39 is 167 Å². The number of rotatable bonds is 97. The number of hydrogen-bond acceptors (Lipinski definition) is 22. The topological polar surface area (TPSA) is 418 Å². The van der Waals surface area contributed by atoms with E-state index in [0.717, 1.165) is 196 Å². The molecule has 0 radical (unpaired) electrons. The second kappa shape index (κ2) is 71.3. The van der Waals surface area contributed by atoms with Gasteiger partial charge in [0.2, 0.25) is 0 Å². The molecule has 29 nitrogen and oxygen atoms in total. The Balaban J connectivity index is 3.92. The van der Waals surface area contributed by atoms with E-state index in [1.54, 1.807) is 9.80 Å². The summed E-state index contributed by atoms with van der Waals surface area (Å²) in [4.78, 5) is 12.6. The van der Waals surface area contributed by atoms with Crippen molar-refractivity contribution in [2.45, 2.75) is 420 Å². The van der Waals surface area contributed by atoms with Gasteiger partial charge in [-0.15, -0.1) is 0 Å². The smallest absolute Gasteiger partial charge is 0.266 e. The standard InChI is InChI=1S/C99H216N6O23S7Si9/c1-21-46-100(47-22-2)51-33-73-136(6,7)79-39-88-142(18,89-40-80-137(8,9)74-34-52-101(48-23-3)57-66-129(106,107)108)85-30-26-27-45-97-94-98(127-64-28-31-86-143(19,90-41-81-138(10,11)75-35-53-102(49-24-4)58-67-130(109,110)111)92-43-83-140(14,15)77-37-55-104(60-69-132(115,116)117)61-70-133(118,119)120)96-99(95-97)128-65-29-32-87-144(20,91-42-82-139(12,13)76-36-54-103(50-25-5)59-68-131(112,113)114)93-44-84-141(16,17)78-38-56-105(62-71-134(121,122)123)63-72-135(124,125)126/h94-96H,21-93H2,1-20H3,(H,106,107,108)(H,109,110,111)(H,112,113,114)(H,115,116,117)(H,118,119,120)(H,121,122,123)(H,124,125,126). The number of unbranched alkanes of at least 4 members (excludes halogenated alkanes) is 4. The average Bonchev–Trinajstić information content (AvgIpc) is 0.862. The van der Waals surface area contributed by atoms with E-state index in [2.05, 4.69) is 171 Å². The minimum atomic E-state index is -4.28. The molecule has 3 unspecified atom stereocenters. The minimum absolute atomic E-state index is 0.0339. The summed E-state index contributed by atoms with van der Waals surface area (Å²) in [6.07, 6.45) is 26.4. The van der Waals surface area contributed by atoms with Gasteiger partial charge in [-0.05, 0) is 186 Å². The minimum Gasteiger partial charge on any atom is -0.493 e. The molecule has 7 N–H and O–H groups in total. The fourth-order valence-electron chi connectivity index (χ4n) is 21.5. The van der Waals surface area contributed by atoms with Gasteiger partial charge < -0.3 is 38.9 Å². The van der Waals surface area contributed by atoms with Crippen LogP contribution in [0.2, 0.25) is 225 Å². The molecule has 1 rings (SSSR count). The van der Waals surface area contributed by atoms with Crippen molar-refractivity contribution in [3.63, 3.8) is 0 Å². The normalized spacial score (nSPS) is 15.0. The molecular formula is C99H216N6O23S7Si9. The summed E-state index contributed by atoms with van der Waals surface area (Å²) >= 11 is 0.